The predicted molar refractivity (Wildman–Crippen MR) is 71.7 cm³/mol. The van der Waals surface area contributed by atoms with E-state index in [2.05, 4.69) is 9.71 Å². The van der Waals surface area contributed by atoms with Crippen LogP contribution in [-0.4, -0.2) is 13.4 Å². The molecule has 1 aromatic carbocycles. The molecule has 8 heteroatoms. The zero-order chi connectivity index (χ0) is 14.0. The van der Waals surface area contributed by atoms with Crippen LogP contribution in [0.5, 0.6) is 0 Å². The van der Waals surface area contributed by atoms with Gasteiger partial charge in [-0.25, -0.2) is 22.5 Å². The second kappa shape index (κ2) is 5.24. The largest absolute Gasteiger partial charge is 0.399 e. The summed E-state index contributed by atoms with van der Waals surface area (Å²) in [6.45, 7) is 1.89. The van der Waals surface area contributed by atoms with Crippen molar-refractivity contribution in [1.29, 1.82) is 0 Å². The highest BCUT2D eigenvalue weighted by Gasteiger charge is 2.16. The number of nitrogens with two attached hydrogens (primary N) is 1. The van der Waals surface area contributed by atoms with E-state index in [1.165, 1.54) is 17.4 Å². The molecule has 0 unspecified atom stereocenters. The number of sulfonamides is 1. The molecular weight excluding hydrogens is 289 g/mol. The Morgan fingerprint density at radius 1 is 1.42 bits per heavy atom. The third-order valence-corrected chi connectivity index (χ3v) is 4.52. The number of anilines is 1. The van der Waals surface area contributed by atoms with Crippen LogP contribution in [0.3, 0.4) is 0 Å². The van der Waals surface area contributed by atoms with E-state index in [9.17, 15) is 12.8 Å². The molecule has 1 aromatic heterocycles. The summed E-state index contributed by atoms with van der Waals surface area (Å²) in [5, 5.41) is 2.61. The number of benzene rings is 1. The standard InChI is InChI=1S/C11H12FN3O2S2/c1-7-15-10(6-18-7)5-14-19(16,17)11-3-8(12)2-9(13)4-11/h2-4,6,14H,5,13H2,1H3. The van der Waals surface area contributed by atoms with Crippen molar-refractivity contribution in [2.45, 2.75) is 18.4 Å². The van der Waals surface area contributed by atoms with Gasteiger partial charge in [0.15, 0.2) is 0 Å². The molecule has 3 N–H and O–H groups in total. The number of thiazole rings is 1. The smallest absolute Gasteiger partial charge is 0.241 e. The van der Waals surface area contributed by atoms with Crippen LogP contribution in [0.1, 0.15) is 10.7 Å². The van der Waals surface area contributed by atoms with E-state index in [0.717, 1.165) is 17.1 Å². The predicted octanol–water partition coefficient (Wildman–Crippen LogP) is 1.65. The maximum absolute atomic E-state index is 13.1. The van der Waals surface area contributed by atoms with Crippen molar-refractivity contribution < 1.29 is 12.8 Å². The Labute approximate surface area is 114 Å². The molecule has 0 radical (unpaired) electrons. The lowest BCUT2D eigenvalue weighted by molar-refractivity contribution is 0.577. The van der Waals surface area contributed by atoms with Crippen LogP contribution in [0.15, 0.2) is 28.5 Å². The quantitative estimate of drug-likeness (QED) is 0.841. The lowest BCUT2D eigenvalue weighted by Gasteiger charge is -2.06. The molecule has 0 fully saturated rings. The van der Waals surface area contributed by atoms with E-state index in [1.807, 2.05) is 6.92 Å². The molecule has 0 atom stereocenters. The molecular formula is C11H12FN3O2S2. The highest BCUT2D eigenvalue weighted by atomic mass is 32.2. The molecule has 5 nitrogen and oxygen atoms in total. The molecule has 0 bridgehead atoms. The van der Waals surface area contributed by atoms with Gasteiger partial charge in [0.25, 0.3) is 0 Å². The van der Waals surface area contributed by atoms with E-state index < -0.39 is 15.8 Å². The van der Waals surface area contributed by atoms with Gasteiger partial charge in [-0.1, -0.05) is 0 Å². The van der Waals surface area contributed by atoms with Gasteiger partial charge in [-0.05, 0) is 25.1 Å². The van der Waals surface area contributed by atoms with Crippen molar-refractivity contribution in [3.63, 3.8) is 0 Å². The number of halogens is 1. The summed E-state index contributed by atoms with van der Waals surface area (Å²) in [6.07, 6.45) is 0. The molecule has 0 saturated heterocycles. The van der Waals surface area contributed by atoms with E-state index in [0.29, 0.717) is 5.69 Å². The van der Waals surface area contributed by atoms with Gasteiger partial charge in [0.2, 0.25) is 10.0 Å². The average molecular weight is 301 g/mol. The number of hydrogen-bond donors (Lipinski definition) is 2. The van der Waals surface area contributed by atoms with Crippen LogP contribution >= 0.6 is 11.3 Å². The maximum atomic E-state index is 13.1. The van der Waals surface area contributed by atoms with Gasteiger partial charge in [0.1, 0.15) is 5.82 Å². The summed E-state index contributed by atoms with van der Waals surface area (Å²) in [5.41, 5.74) is 6.10. The number of rotatable bonds is 4. The Bertz CT molecular complexity index is 677. The number of nitrogen functional groups attached to an aromatic ring is 1. The van der Waals surface area contributed by atoms with Crippen LogP contribution in [-0.2, 0) is 16.6 Å². The van der Waals surface area contributed by atoms with E-state index in [4.69, 9.17) is 5.73 Å². The van der Waals surface area contributed by atoms with E-state index >= 15 is 0 Å². The first-order valence-corrected chi connectivity index (χ1v) is 7.70. The SMILES string of the molecule is Cc1nc(CNS(=O)(=O)c2cc(N)cc(F)c2)cs1. The minimum Gasteiger partial charge on any atom is -0.399 e. The first-order valence-electron chi connectivity index (χ1n) is 5.33. The Kier molecular flexibility index (Phi) is 3.83. The monoisotopic (exact) mass is 301 g/mol. The van der Waals surface area contributed by atoms with Crippen molar-refractivity contribution in [1.82, 2.24) is 9.71 Å². The van der Waals surface area contributed by atoms with Crippen molar-refractivity contribution in [2.75, 3.05) is 5.73 Å². The molecule has 102 valence electrons. The number of aryl methyl sites for hydroxylation is 1. The molecule has 0 aliphatic rings. The van der Waals surface area contributed by atoms with E-state index in [-0.39, 0.29) is 17.1 Å². The molecule has 0 aliphatic heterocycles. The van der Waals surface area contributed by atoms with Gasteiger partial charge in [0.05, 0.1) is 22.1 Å². The Hall–Kier alpha value is -1.51. The van der Waals surface area contributed by atoms with Gasteiger partial charge < -0.3 is 5.73 Å². The molecule has 0 aliphatic carbocycles. The summed E-state index contributed by atoms with van der Waals surface area (Å²) < 4.78 is 39.4. The van der Waals surface area contributed by atoms with Gasteiger partial charge in [-0.2, -0.15) is 0 Å². The fourth-order valence-electron chi connectivity index (χ4n) is 1.48. The summed E-state index contributed by atoms with van der Waals surface area (Å²) in [4.78, 5) is 3.94. The molecule has 0 spiro atoms. The zero-order valence-electron chi connectivity index (χ0n) is 10.1. The Morgan fingerprint density at radius 2 is 2.16 bits per heavy atom. The molecule has 0 amide bonds. The second-order valence-corrected chi connectivity index (χ2v) is 6.73. The Morgan fingerprint density at radius 3 is 2.74 bits per heavy atom. The van der Waals surface area contributed by atoms with Crippen LogP contribution in [0, 0.1) is 12.7 Å². The fraction of sp³-hybridized carbons (Fsp3) is 0.182. The summed E-state index contributed by atoms with van der Waals surface area (Å²) in [5.74, 6) is -0.690. The highest BCUT2D eigenvalue weighted by Crippen LogP contribution is 2.16. The Balaban J connectivity index is 2.18. The zero-order valence-corrected chi connectivity index (χ0v) is 11.7. The highest BCUT2D eigenvalue weighted by molar-refractivity contribution is 7.89. The number of nitrogens with zero attached hydrogens (tertiary/aromatic N) is 1. The van der Waals surface area contributed by atoms with Gasteiger partial charge in [0, 0.05) is 11.1 Å². The third kappa shape index (κ3) is 3.49. The van der Waals surface area contributed by atoms with Crippen molar-refractivity contribution in [2.24, 2.45) is 0 Å². The lowest BCUT2D eigenvalue weighted by Crippen LogP contribution is -2.23. The maximum Gasteiger partial charge on any atom is 0.241 e. The van der Waals surface area contributed by atoms with Crippen molar-refractivity contribution >= 4 is 27.0 Å². The first kappa shape index (κ1) is 13.9. The molecule has 0 saturated carbocycles. The number of nitrogens with one attached hydrogen (secondary N) is 1. The van der Waals surface area contributed by atoms with Crippen molar-refractivity contribution in [3.05, 3.63) is 40.1 Å². The topological polar surface area (TPSA) is 85.1 Å². The number of hydrogen-bond acceptors (Lipinski definition) is 5. The lowest BCUT2D eigenvalue weighted by atomic mass is 10.3. The normalized spacial score (nSPS) is 11.7. The average Bonchev–Trinajstić information content (AvgIpc) is 2.71. The molecule has 2 aromatic rings. The number of aromatic nitrogens is 1. The fourth-order valence-corrected chi connectivity index (χ4v) is 3.16. The van der Waals surface area contributed by atoms with Gasteiger partial charge >= 0.3 is 0 Å². The van der Waals surface area contributed by atoms with Crippen LogP contribution in [0.4, 0.5) is 10.1 Å². The molecule has 19 heavy (non-hydrogen) atoms. The minimum atomic E-state index is -3.80. The van der Waals surface area contributed by atoms with E-state index in [1.54, 1.807) is 5.38 Å². The molecule has 2 rings (SSSR count). The first-order chi connectivity index (χ1) is 8.87. The minimum absolute atomic E-state index is 0.0586. The van der Waals surface area contributed by atoms with Crippen LogP contribution in [0.2, 0.25) is 0 Å². The van der Waals surface area contributed by atoms with Crippen molar-refractivity contribution in [3.8, 4) is 0 Å². The summed E-state index contributed by atoms with van der Waals surface area (Å²) in [6, 6.07) is 3.19. The third-order valence-electron chi connectivity index (χ3n) is 2.31. The van der Waals surface area contributed by atoms with Gasteiger partial charge in [-0.3, -0.25) is 0 Å². The molecule has 1 heterocycles. The van der Waals surface area contributed by atoms with Crippen LogP contribution in [0.25, 0.3) is 0 Å². The van der Waals surface area contributed by atoms with Gasteiger partial charge in [-0.15, -0.1) is 11.3 Å². The summed E-state index contributed by atoms with van der Waals surface area (Å²) >= 11 is 1.43. The summed E-state index contributed by atoms with van der Waals surface area (Å²) in [7, 11) is -3.80. The van der Waals surface area contributed by atoms with Crippen LogP contribution < -0.4 is 10.5 Å². The second-order valence-electron chi connectivity index (χ2n) is 3.90.